The van der Waals surface area contributed by atoms with Crippen molar-refractivity contribution < 1.29 is 41.8 Å². The molecule has 1 radical (unpaired) electrons. The Kier molecular flexibility index (Phi) is 15.2. The summed E-state index contributed by atoms with van der Waals surface area (Å²) in [5, 5.41) is 23.9. The molecule has 1 aromatic carbocycles. The molecule has 5 heteroatoms. The van der Waals surface area contributed by atoms with Crippen LogP contribution in [-0.4, -0.2) is 25.3 Å². The molecule has 0 spiro atoms. The van der Waals surface area contributed by atoms with E-state index in [1.54, 1.807) is 22.3 Å². The SMILES string of the molecule is CC(=O)O.C[O-].C[O-].[Ti+3].[cH-]1c2c(c3c1CCCC3)CCCC2. The summed E-state index contributed by atoms with van der Waals surface area (Å²) in [6, 6.07) is 2.52. The van der Waals surface area contributed by atoms with Crippen molar-refractivity contribution in [3.8, 4) is 0 Å². The molecule has 2 aliphatic rings. The van der Waals surface area contributed by atoms with Gasteiger partial charge in [0.25, 0.3) is 5.97 Å². The van der Waals surface area contributed by atoms with Crippen LogP contribution in [0, 0.1) is 0 Å². The first-order valence-corrected chi connectivity index (χ1v) is 7.49. The van der Waals surface area contributed by atoms with Gasteiger partial charge in [0.1, 0.15) is 0 Å². The van der Waals surface area contributed by atoms with Gasteiger partial charge in [-0.15, -0.1) is 0 Å². The number of hydrogen-bond donors (Lipinski definition) is 1. The third-order valence-electron chi connectivity index (χ3n) is 3.73. The smallest absolute Gasteiger partial charge is 0.857 e. The molecule has 0 heterocycles. The van der Waals surface area contributed by atoms with Crippen molar-refractivity contribution in [1.29, 1.82) is 0 Å². The fourth-order valence-corrected chi connectivity index (χ4v) is 3.08. The second-order valence-corrected chi connectivity index (χ2v) is 5.09. The molecular formula is C17H27O4Ti. The minimum absolute atomic E-state index is 0. The van der Waals surface area contributed by atoms with Crippen LogP contribution in [0.1, 0.15) is 54.9 Å². The minimum Gasteiger partial charge on any atom is -0.857 e. The van der Waals surface area contributed by atoms with E-state index in [2.05, 4.69) is 6.07 Å². The summed E-state index contributed by atoms with van der Waals surface area (Å²) in [5.74, 6) is -0.833. The molecule has 0 bridgehead atoms. The first-order chi connectivity index (χ1) is 10.2. The Balaban J connectivity index is 0. The second-order valence-electron chi connectivity index (χ2n) is 5.09. The van der Waals surface area contributed by atoms with Gasteiger partial charge in [0.2, 0.25) is 0 Å². The Morgan fingerprint density at radius 1 is 0.864 bits per heavy atom. The summed E-state index contributed by atoms with van der Waals surface area (Å²) in [7, 11) is 1.50. The van der Waals surface area contributed by atoms with Crippen molar-refractivity contribution in [2.45, 2.75) is 58.3 Å². The average molecular weight is 343 g/mol. The summed E-state index contributed by atoms with van der Waals surface area (Å²) in [6.07, 6.45) is 11.2. The third kappa shape index (κ3) is 7.64. The fraction of sp³-hybridized carbons (Fsp3) is 0.647. The quantitative estimate of drug-likeness (QED) is 0.567. The van der Waals surface area contributed by atoms with Gasteiger partial charge in [-0.1, -0.05) is 51.4 Å². The molecule has 0 saturated heterocycles. The van der Waals surface area contributed by atoms with Gasteiger partial charge in [-0.25, -0.2) is 0 Å². The largest absolute Gasteiger partial charge is 3.00 e. The van der Waals surface area contributed by atoms with Gasteiger partial charge in [0, 0.05) is 6.92 Å². The van der Waals surface area contributed by atoms with Crippen LogP contribution in [-0.2, 0) is 52.2 Å². The molecule has 123 valence electrons. The molecule has 0 unspecified atom stereocenters. The van der Waals surface area contributed by atoms with Crippen LogP contribution in [0.5, 0.6) is 0 Å². The third-order valence-corrected chi connectivity index (χ3v) is 3.73. The number of rotatable bonds is 0. The first kappa shape index (κ1) is 23.7. The Morgan fingerprint density at radius 2 is 1.14 bits per heavy atom. The van der Waals surface area contributed by atoms with E-state index in [4.69, 9.17) is 20.1 Å². The van der Waals surface area contributed by atoms with Crippen LogP contribution < -0.4 is 10.2 Å². The van der Waals surface area contributed by atoms with Crippen molar-refractivity contribution in [3.05, 3.63) is 28.3 Å². The zero-order valence-corrected chi connectivity index (χ0v) is 15.5. The van der Waals surface area contributed by atoms with Crippen LogP contribution in [0.4, 0.5) is 0 Å². The first-order valence-electron chi connectivity index (χ1n) is 7.49. The molecule has 0 saturated carbocycles. The standard InChI is InChI=1S/C13H17.C2H4O2.2CH3O.Ti/c1-3-7-12-10(5-1)9-11-6-2-4-8-13(11)12;1-2(3)4;2*1-2;/h9H,1-8H2;1H3,(H,3,4);2*1H3;/q-1;;2*-1;+3. The van der Waals surface area contributed by atoms with Gasteiger partial charge >= 0.3 is 21.7 Å². The van der Waals surface area contributed by atoms with E-state index in [0.717, 1.165) is 21.1 Å². The van der Waals surface area contributed by atoms with Gasteiger partial charge < -0.3 is 15.3 Å². The molecular weight excluding hydrogens is 316 g/mol. The van der Waals surface area contributed by atoms with Crippen molar-refractivity contribution in [2.75, 3.05) is 14.2 Å². The van der Waals surface area contributed by atoms with Crippen LogP contribution in [0.15, 0.2) is 6.07 Å². The molecule has 0 aliphatic heterocycles. The predicted octanol–water partition coefficient (Wildman–Crippen LogP) is 1.20. The zero-order chi connectivity index (χ0) is 16.3. The van der Waals surface area contributed by atoms with Crippen molar-refractivity contribution >= 4 is 5.97 Å². The zero-order valence-electron chi connectivity index (χ0n) is 13.9. The normalized spacial score (nSPS) is 14.0. The summed E-state index contributed by atoms with van der Waals surface area (Å²) < 4.78 is 0. The van der Waals surface area contributed by atoms with Crippen LogP contribution >= 0.6 is 0 Å². The predicted molar refractivity (Wildman–Crippen MR) is 80.5 cm³/mol. The molecule has 4 nitrogen and oxygen atoms in total. The van der Waals surface area contributed by atoms with Gasteiger partial charge in [0.15, 0.2) is 0 Å². The molecule has 1 N–H and O–H groups in total. The van der Waals surface area contributed by atoms with E-state index in [-0.39, 0.29) is 21.7 Å². The van der Waals surface area contributed by atoms with E-state index in [9.17, 15) is 0 Å². The van der Waals surface area contributed by atoms with Gasteiger partial charge in [-0.2, -0.15) is 42.5 Å². The number of carbonyl (C=O) groups is 1. The fourth-order valence-electron chi connectivity index (χ4n) is 3.08. The van der Waals surface area contributed by atoms with E-state index in [1.807, 2.05) is 0 Å². The monoisotopic (exact) mass is 343 g/mol. The van der Waals surface area contributed by atoms with E-state index in [1.165, 1.54) is 51.4 Å². The maximum Gasteiger partial charge on any atom is 3.00 e. The number of carboxylic acids is 1. The van der Waals surface area contributed by atoms with Crippen molar-refractivity contribution in [2.24, 2.45) is 0 Å². The summed E-state index contributed by atoms with van der Waals surface area (Å²) in [6.45, 7) is 1.08. The number of carboxylic acid groups (broad SMARTS) is 1. The van der Waals surface area contributed by atoms with Gasteiger partial charge in [0.05, 0.1) is 0 Å². The maximum atomic E-state index is 9.00. The minimum atomic E-state index is -0.833. The summed E-state index contributed by atoms with van der Waals surface area (Å²) in [5.41, 5.74) is 6.94. The molecule has 22 heavy (non-hydrogen) atoms. The van der Waals surface area contributed by atoms with Crippen molar-refractivity contribution in [1.82, 2.24) is 0 Å². The molecule has 0 atom stereocenters. The van der Waals surface area contributed by atoms with E-state index >= 15 is 0 Å². The molecule has 0 fully saturated rings. The van der Waals surface area contributed by atoms with Gasteiger partial charge in [-0.05, 0) is 0 Å². The van der Waals surface area contributed by atoms with Crippen LogP contribution in [0.25, 0.3) is 0 Å². The summed E-state index contributed by atoms with van der Waals surface area (Å²) in [4.78, 5) is 9.00. The number of fused-ring (bicyclic) bond motifs is 3. The molecule has 2 aliphatic carbocycles. The summed E-state index contributed by atoms with van der Waals surface area (Å²) >= 11 is 0. The Morgan fingerprint density at radius 3 is 1.45 bits per heavy atom. The second kappa shape index (κ2) is 14.1. The molecule has 0 amide bonds. The van der Waals surface area contributed by atoms with Crippen LogP contribution in [0.2, 0.25) is 0 Å². The molecule has 1 aromatic rings. The maximum absolute atomic E-state index is 9.00. The topological polar surface area (TPSA) is 83.4 Å². The van der Waals surface area contributed by atoms with E-state index in [0.29, 0.717) is 0 Å². The Hall–Kier alpha value is -0.546. The average Bonchev–Trinajstić information content (AvgIpc) is 2.89. The Bertz CT molecular complexity index is 379. The number of hydrogen-bond acceptors (Lipinski definition) is 3. The molecule has 0 aromatic heterocycles. The van der Waals surface area contributed by atoms with Gasteiger partial charge in [-0.3, -0.25) is 4.79 Å². The Labute approximate surface area is 148 Å². The van der Waals surface area contributed by atoms with Crippen molar-refractivity contribution in [3.63, 3.8) is 0 Å². The van der Waals surface area contributed by atoms with E-state index < -0.39 is 5.97 Å². The number of aryl methyl sites for hydroxylation is 2. The van der Waals surface area contributed by atoms with Crippen LogP contribution in [0.3, 0.4) is 0 Å². The number of aliphatic carboxylic acids is 1. The molecule has 3 rings (SSSR count).